The molecule has 0 saturated heterocycles. The molecule has 1 aromatic heterocycles. The van der Waals surface area contributed by atoms with E-state index < -0.39 is 16.1 Å². The maximum Gasteiger partial charge on any atom is 0.336 e. The Labute approximate surface area is 164 Å². The zero-order chi connectivity index (χ0) is 20.1. The fraction of sp³-hybridized carbons (Fsp3) is 0.143. The molecule has 1 N–H and O–H groups in total. The third-order valence-corrected chi connectivity index (χ3v) is 5.51. The van der Waals surface area contributed by atoms with Gasteiger partial charge in [-0.15, -0.1) is 0 Å². The molecule has 144 valence electrons. The van der Waals surface area contributed by atoms with Crippen LogP contribution < -0.4 is 9.62 Å². The number of urea groups is 1. The minimum absolute atomic E-state index is 0.0389. The molecular formula is C21H21N3O3S. The minimum atomic E-state index is -3.99. The molecule has 7 heteroatoms. The third-order valence-electron chi connectivity index (χ3n) is 4.17. The van der Waals surface area contributed by atoms with Crippen LogP contribution in [0.5, 0.6) is 0 Å². The van der Waals surface area contributed by atoms with Crippen molar-refractivity contribution < 1.29 is 13.2 Å². The summed E-state index contributed by atoms with van der Waals surface area (Å²) in [6.07, 6.45) is 3.28. The van der Waals surface area contributed by atoms with Crippen molar-refractivity contribution >= 4 is 21.7 Å². The molecular weight excluding hydrogens is 374 g/mol. The van der Waals surface area contributed by atoms with Crippen LogP contribution in [-0.4, -0.2) is 19.4 Å². The van der Waals surface area contributed by atoms with Gasteiger partial charge < -0.3 is 0 Å². The van der Waals surface area contributed by atoms with Gasteiger partial charge in [-0.2, -0.15) is 0 Å². The molecule has 1 heterocycles. The van der Waals surface area contributed by atoms with E-state index in [1.165, 1.54) is 17.0 Å². The van der Waals surface area contributed by atoms with E-state index in [-0.39, 0.29) is 11.4 Å². The smallest absolute Gasteiger partial charge is 0.289 e. The topological polar surface area (TPSA) is 79.4 Å². The number of aromatic nitrogens is 1. The van der Waals surface area contributed by atoms with Gasteiger partial charge in [0.05, 0.1) is 11.4 Å². The molecule has 2 aromatic carbocycles. The van der Waals surface area contributed by atoms with E-state index >= 15 is 0 Å². The van der Waals surface area contributed by atoms with Crippen LogP contribution in [0, 0.1) is 13.8 Å². The third kappa shape index (κ3) is 4.75. The number of rotatable bonds is 5. The van der Waals surface area contributed by atoms with Crippen LogP contribution in [0.3, 0.4) is 0 Å². The number of carbonyl (C=O) groups is 1. The maximum atomic E-state index is 12.9. The van der Waals surface area contributed by atoms with Crippen molar-refractivity contribution in [3.63, 3.8) is 0 Å². The molecule has 0 unspecified atom stereocenters. The predicted molar refractivity (Wildman–Crippen MR) is 108 cm³/mol. The number of carbonyl (C=O) groups excluding carboxylic acids is 1. The van der Waals surface area contributed by atoms with Gasteiger partial charge in [-0.05, 0) is 55.3 Å². The van der Waals surface area contributed by atoms with E-state index in [2.05, 4.69) is 9.71 Å². The Kier molecular flexibility index (Phi) is 5.75. The molecule has 6 nitrogen and oxygen atoms in total. The number of hydrogen-bond acceptors (Lipinski definition) is 4. The van der Waals surface area contributed by atoms with E-state index in [9.17, 15) is 13.2 Å². The van der Waals surface area contributed by atoms with Gasteiger partial charge in [0.1, 0.15) is 0 Å². The highest BCUT2D eigenvalue weighted by Crippen LogP contribution is 2.20. The molecule has 0 aliphatic heterocycles. The summed E-state index contributed by atoms with van der Waals surface area (Å²) in [6, 6.07) is 16.5. The van der Waals surface area contributed by atoms with Crippen molar-refractivity contribution in [3.05, 3.63) is 89.7 Å². The van der Waals surface area contributed by atoms with Crippen LogP contribution in [0.2, 0.25) is 0 Å². The molecule has 0 saturated carbocycles. The van der Waals surface area contributed by atoms with Crippen LogP contribution in [-0.2, 0) is 16.6 Å². The second-order valence-corrected chi connectivity index (χ2v) is 8.19. The van der Waals surface area contributed by atoms with Gasteiger partial charge in [-0.3, -0.25) is 9.88 Å². The summed E-state index contributed by atoms with van der Waals surface area (Å²) in [5.41, 5.74) is 3.28. The first-order chi connectivity index (χ1) is 13.3. The van der Waals surface area contributed by atoms with Gasteiger partial charge in [-0.1, -0.05) is 35.9 Å². The first-order valence-corrected chi connectivity index (χ1v) is 10.2. The van der Waals surface area contributed by atoms with Crippen molar-refractivity contribution in [1.29, 1.82) is 0 Å². The van der Waals surface area contributed by atoms with Crippen molar-refractivity contribution in [2.24, 2.45) is 0 Å². The molecule has 0 fully saturated rings. The second-order valence-electron chi connectivity index (χ2n) is 6.51. The summed E-state index contributed by atoms with van der Waals surface area (Å²) < 4.78 is 27.4. The van der Waals surface area contributed by atoms with E-state index in [4.69, 9.17) is 0 Å². The van der Waals surface area contributed by atoms with Crippen molar-refractivity contribution in [2.75, 3.05) is 4.90 Å². The summed E-state index contributed by atoms with van der Waals surface area (Å²) in [5.74, 6) is 0. The van der Waals surface area contributed by atoms with E-state index in [1.807, 2.05) is 38.1 Å². The molecule has 3 aromatic rings. The number of nitrogens with one attached hydrogen (secondary N) is 1. The fourth-order valence-corrected chi connectivity index (χ4v) is 3.65. The van der Waals surface area contributed by atoms with Crippen LogP contribution >= 0.6 is 0 Å². The number of hydrogen-bond donors (Lipinski definition) is 1. The van der Waals surface area contributed by atoms with Crippen molar-refractivity contribution in [2.45, 2.75) is 25.3 Å². The van der Waals surface area contributed by atoms with Crippen LogP contribution in [0.4, 0.5) is 10.5 Å². The number of nitrogens with zero attached hydrogens (tertiary/aromatic N) is 2. The number of amides is 2. The highest BCUT2D eigenvalue weighted by atomic mass is 32.2. The lowest BCUT2D eigenvalue weighted by Gasteiger charge is -2.23. The Hall–Kier alpha value is -3.19. The summed E-state index contributed by atoms with van der Waals surface area (Å²) in [7, 11) is -3.99. The summed E-state index contributed by atoms with van der Waals surface area (Å²) in [6.45, 7) is 3.96. The lowest BCUT2D eigenvalue weighted by Crippen LogP contribution is -2.42. The molecule has 2 amide bonds. The van der Waals surface area contributed by atoms with E-state index in [1.54, 1.807) is 36.7 Å². The Morgan fingerprint density at radius 1 is 1.00 bits per heavy atom. The van der Waals surface area contributed by atoms with Crippen LogP contribution in [0.1, 0.15) is 16.7 Å². The summed E-state index contributed by atoms with van der Waals surface area (Å²) in [5, 5.41) is 0. The van der Waals surface area contributed by atoms with Gasteiger partial charge in [-0.25, -0.2) is 17.9 Å². The van der Waals surface area contributed by atoms with Crippen molar-refractivity contribution in [1.82, 2.24) is 9.71 Å². The number of sulfonamides is 1. The Bertz CT molecular complexity index is 1070. The van der Waals surface area contributed by atoms with E-state index in [0.717, 1.165) is 16.7 Å². The number of pyridine rings is 1. The van der Waals surface area contributed by atoms with Gasteiger partial charge in [0.25, 0.3) is 10.0 Å². The molecule has 3 rings (SSSR count). The van der Waals surface area contributed by atoms with Gasteiger partial charge >= 0.3 is 6.03 Å². The summed E-state index contributed by atoms with van der Waals surface area (Å²) >= 11 is 0. The number of aryl methyl sites for hydroxylation is 2. The Morgan fingerprint density at radius 2 is 1.75 bits per heavy atom. The highest BCUT2D eigenvalue weighted by molar-refractivity contribution is 7.90. The molecule has 0 radical (unpaired) electrons. The first kappa shape index (κ1) is 19.6. The Balaban J connectivity index is 1.90. The largest absolute Gasteiger partial charge is 0.336 e. The standard InChI is InChI=1S/C21H21N3O3S/c1-16-8-10-20(11-9-16)28(26,27)23-21(25)24(15-18-6-4-12-22-14-18)19-7-3-5-17(2)13-19/h3-14H,15H2,1-2H3,(H,23,25). The zero-order valence-electron chi connectivity index (χ0n) is 15.7. The monoisotopic (exact) mass is 395 g/mol. The zero-order valence-corrected chi connectivity index (χ0v) is 16.5. The quantitative estimate of drug-likeness (QED) is 0.713. The number of benzene rings is 2. The lowest BCUT2D eigenvalue weighted by molar-refractivity contribution is 0.250. The molecule has 0 bridgehead atoms. The minimum Gasteiger partial charge on any atom is -0.289 e. The molecule has 0 aliphatic rings. The highest BCUT2D eigenvalue weighted by Gasteiger charge is 2.23. The molecule has 0 aliphatic carbocycles. The maximum absolute atomic E-state index is 12.9. The molecule has 0 atom stereocenters. The second kappa shape index (κ2) is 8.22. The SMILES string of the molecule is Cc1ccc(S(=O)(=O)NC(=O)N(Cc2cccnc2)c2cccc(C)c2)cc1. The van der Waals surface area contributed by atoms with Crippen LogP contribution in [0.15, 0.2) is 78.0 Å². The van der Waals surface area contributed by atoms with Crippen molar-refractivity contribution in [3.8, 4) is 0 Å². The summed E-state index contributed by atoms with van der Waals surface area (Å²) in [4.78, 5) is 18.4. The average Bonchev–Trinajstić information content (AvgIpc) is 2.67. The predicted octanol–water partition coefficient (Wildman–Crippen LogP) is 3.80. The normalized spacial score (nSPS) is 11.1. The number of anilines is 1. The van der Waals surface area contributed by atoms with Gasteiger partial charge in [0, 0.05) is 18.1 Å². The molecule has 28 heavy (non-hydrogen) atoms. The Morgan fingerprint density at radius 3 is 2.39 bits per heavy atom. The van der Waals surface area contributed by atoms with E-state index in [0.29, 0.717) is 5.69 Å². The molecule has 0 spiro atoms. The average molecular weight is 395 g/mol. The van der Waals surface area contributed by atoms with Gasteiger partial charge in [0.15, 0.2) is 0 Å². The van der Waals surface area contributed by atoms with Crippen LogP contribution in [0.25, 0.3) is 0 Å². The lowest BCUT2D eigenvalue weighted by atomic mass is 10.2. The first-order valence-electron chi connectivity index (χ1n) is 8.72. The fourth-order valence-electron chi connectivity index (χ4n) is 2.70. The van der Waals surface area contributed by atoms with Gasteiger partial charge in [0.2, 0.25) is 0 Å².